The molecule has 90 valence electrons. The van der Waals surface area contributed by atoms with E-state index in [1.54, 1.807) is 0 Å². The molecule has 0 fully saturated rings. The third-order valence-electron chi connectivity index (χ3n) is 3.11. The van der Waals surface area contributed by atoms with E-state index in [2.05, 4.69) is 73.3 Å². The van der Waals surface area contributed by atoms with Gasteiger partial charge in [0, 0.05) is 33.9 Å². The summed E-state index contributed by atoms with van der Waals surface area (Å²) in [6, 6.07) is 17.4. The second kappa shape index (κ2) is 4.54. The Morgan fingerprint density at radius 2 is 1.61 bits per heavy atom. The molecule has 3 rings (SSSR count). The van der Waals surface area contributed by atoms with Crippen molar-refractivity contribution in [1.82, 2.24) is 4.57 Å². The highest BCUT2D eigenvalue weighted by molar-refractivity contribution is 7.99. The third-order valence-corrected chi connectivity index (χ3v) is 4.11. The van der Waals surface area contributed by atoms with Crippen LogP contribution in [0.1, 0.15) is 5.56 Å². The van der Waals surface area contributed by atoms with E-state index in [-0.39, 0.29) is 0 Å². The Labute approximate surface area is 111 Å². The average Bonchev–Trinajstić information content (AvgIpc) is 2.74. The van der Waals surface area contributed by atoms with Gasteiger partial charge in [-0.3, -0.25) is 0 Å². The van der Waals surface area contributed by atoms with Crippen molar-refractivity contribution in [2.75, 3.05) is 0 Å². The maximum atomic E-state index is 2.25. The summed E-state index contributed by atoms with van der Waals surface area (Å²) in [5.41, 5.74) is 2.58. The Bertz CT molecular complexity index is 680. The van der Waals surface area contributed by atoms with Gasteiger partial charge in [0.2, 0.25) is 0 Å². The number of benzene rings is 2. The summed E-state index contributed by atoms with van der Waals surface area (Å²) in [6.45, 7) is 2.12. The normalized spacial score (nSPS) is 11.0. The zero-order chi connectivity index (χ0) is 12.5. The largest absolute Gasteiger partial charge is 0.351 e. The molecular weight excluding hydrogens is 238 g/mol. The predicted octanol–water partition coefficient (Wildman–Crippen LogP) is 4.64. The minimum absolute atomic E-state index is 1.28. The number of nitrogens with zero attached hydrogens (tertiary/aromatic N) is 1. The van der Waals surface area contributed by atoms with E-state index in [1.807, 2.05) is 11.8 Å². The lowest BCUT2D eigenvalue weighted by Gasteiger charge is -2.03. The summed E-state index contributed by atoms with van der Waals surface area (Å²) in [5.74, 6) is 0. The van der Waals surface area contributed by atoms with Gasteiger partial charge in [-0.1, -0.05) is 29.5 Å². The van der Waals surface area contributed by atoms with Crippen molar-refractivity contribution in [3.8, 4) is 0 Å². The first-order valence-corrected chi connectivity index (χ1v) is 6.84. The molecule has 2 heteroatoms. The summed E-state index contributed by atoms with van der Waals surface area (Å²) in [5, 5.41) is 1.30. The Morgan fingerprint density at radius 1 is 0.889 bits per heavy atom. The summed E-state index contributed by atoms with van der Waals surface area (Å²) < 4.78 is 2.15. The van der Waals surface area contributed by atoms with E-state index in [4.69, 9.17) is 0 Å². The van der Waals surface area contributed by atoms with Gasteiger partial charge in [-0.2, -0.15) is 0 Å². The highest BCUT2D eigenvalue weighted by Gasteiger charge is 2.01. The molecule has 2 aromatic carbocycles. The quantitative estimate of drug-likeness (QED) is 0.644. The van der Waals surface area contributed by atoms with E-state index in [9.17, 15) is 0 Å². The summed E-state index contributed by atoms with van der Waals surface area (Å²) in [7, 11) is 2.08. The Balaban J connectivity index is 1.92. The number of hydrogen-bond acceptors (Lipinski definition) is 1. The van der Waals surface area contributed by atoms with Crippen LogP contribution in [0.25, 0.3) is 10.9 Å². The number of fused-ring (bicyclic) bond motifs is 1. The molecule has 18 heavy (non-hydrogen) atoms. The monoisotopic (exact) mass is 253 g/mol. The Morgan fingerprint density at radius 3 is 2.39 bits per heavy atom. The van der Waals surface area contributed by atoms with Crippen LogP contribution in [0.15, 0.2) is 64.5 Å². The minimum Gasteiger partial charge on any atom is -0.351 e. The van der Waals surface area contributed by atoms with E-state index in [0.29, 0.717) is 0 Å². The molecular formula is C16H15NS. The molecule has 0 bridgehead atoms. The molecule has 0 amide bonds. The molecule has 0 aliphatic rings. The van der Waals surface area contributed by atoms with Gasteiger partial charge in [-0.15, -0.1) is 0 Å². The molecule has 0 radical (unpaired) electrons. The smallest absolute Gasteiger partial charge is 0.0478 e. The summed E-state index contributed by atoms with van der Waals surface area (Å²) in [4.78, 5) is 2.58. The molecule has 0 aliphatic heterocycles. The van der Waals surface area contributed by atoms with Gasteiger partial charge in [0.05, 0.1) is 0 Å². The molecule has 0 saturated carbocycles. The molecule has 0 unspecified atom stereocenters. The maximum absolute atomic E-state index is 2.25. The fourth-order valence-corrected chi connectivity index (χ4v) is 2.93. The van der Waals surface area contributed by atoms with Crippen LogP contribution in [-0.4, -0.2) is 4.57 Å². The van der Waals surface area contributed by atoms with E-state index >= 15 is 0 Å². The topological polar surface area (TPSA) is 4.93 Å². The van der Waals surface area contributed by atoms with Crippen LogP contribution in [0.3, 0.4) is 0 Å². The van der Waals surface area contributed by atoms with Gasteiger partial charge in [0.25, 0.3) is 0 Å². The Kier molecular flexibility index (Phi) is 2.88. The summed E-state index contributed by atoms with van der Waals surface area (Å²) in [6.07, 6.45) is 2.10. The first-order chi connectivity index (χ1) is 8.72. The van der Waals surface area contributed by atoms with E-state index < -0.39 is 0 Å². The average molecular weight is 253 g/mol. The summed E-state index contributed by atoms with van der Waals surface area (Å²) >= 11 is 1.81. The number of hydrogen-bond donors (Lipinski definition) is 0. The molecule has 1 heterocycles. The van der Waals surface area contributed by atoms with Crippen LogP contribution in [-0.2, 0) is 7.05 Å². The second-order valence-corrected chi connectivity index (χ2v) is 5.71. The Hall–Kier alpha value is -1.67. The second-order valence-electron chi connectivity index (χ2n) is 4.56. The van der Waals surface area contributed by atoms with E-state index in [0.717, 1.165) is 0 Å². The molecule has 0 spiro atoms. The SMILES string of the molecule is Cc1ccc(Sc2ccc3c(ccn3C)c2)cc1. The molecule has 3 aromatic rings. The molecule has 0 saturated heterocycles. The van der Waals surface area contributed by atoms with Gasteiger partial charge < -0.3 is 4.57 Å². The molecule has 1 nitrogen and oxygen atoms in total. The lowest BCUT2D eigenvalue weighted by Crippen LogP contribution is -1.83. The van der Waals surface area contributed by atoms with Crippen molar-refractivity contribution < 1.29 is 0 Å². The highest BCUT2D eigenvalue weighted by Crippen LogP contribution is 2.30. The number of aromatic nitrogens is 1. The van der Waals surface area contributed by atoms with Crippen molar-refractivity contribution in [2.24, 2.45) is 7.05 Å². The van der Waals surface area contributed by atoms with Crippen molar-refractivity contribution in [2.45, 2.75) is 16.7 Å². The maximum Gasteiger partial charge on any atom is 0.0478 e. The van der Waals surface area contributed by atoms with Crippen LogP contribution in [0.2, 0.25) is 0 Å². The first-order valence-electron chi connectivity index (χ1n) is 6.02. The molecule has 0 atom stereocenters. The van der Waals surface area contributed by atoms with Gasteiger partial charge in [0.15, 0.2) is 0 Å². The van der Waals surface area contributed by atoms with Crippen LogP contribution >= 0.6 is 11.8 Å². The predicted molar refractivity (Wildman–Crippen MR) is 78.2 cm³/mol. The van der Waals surface area contributed by atoms with Crippen LogP contribution in [0, 0.1) is 6.92 Å². The van der Waals surface area contributed by atoms with Crippen molar-refractivity contribution >= 4 is 22.7 Å². The fraction of sp³-hybridized carbons (Fsp3) is 0.125. The van der Waals surface area contributed by atoms with Crippen LogP contribution in [0.4, 0.5) is 0 Å². The van der Waals surface area contributed by atoms with Crippen molar-refractivity contribution in [3.63, 3.8) is 0 Å². The molecule has 0 N–H and O–H groups in total. The lowest BCUT2D eigenvalue weighted by atomic mass is 10.2. The fourth-order valence-electron chi connectivity index (χ4n) is 2.07. The zero-order valence-corrected chi connectivity index (χ0v) is 11.4. The highest BCUT2D eigenvalue weighted by atomic mass is 32.2. The van der Waals surface area contributed by atoms with Crippen LogP contribution < -0.4 is 0 Å². The lowest BCUT2D eigenvalue weighted by molar-refractivity contribution is 0.969. The standard InChI is InChI=1S/C16H15NS/c1-12-3-5-14(6-4-12)18-15-7-8-16-13(11-15)9-10-17(16)2/h3-11H,1-2H3. The molecule has 1 aromatic heterocycles. The van der Waals surface area contributed by atoms with Gasteiger partial charge in [0.1, 0.15) is 0 Å². The zero-order valence-electron chi connectivity index (χ0n) is 10.6. The molecule has 0 aliphatic carbocycles. The van der Waals surface area contributed by atoms with Gasteiger partial charge in [-0.25, -0.2) is 0 Å². The number of aryl methyl sites for hydroxylation is 2. The van der Waals surface area contributed by atoms with Gasteiger partial charge in [-0.05, 0) is 43.3 Å². The number of rotatable bonds is 2. The van der Waals surface area contributed by atoms with Gasteiger partial charge >= 0.3 is 0 Å². The van der Waals surface area contributed by atoms with Crippen molar-refractivity contribution in [1.29, 1.82) is 0 Å². The van der Waals surface area contributed by atoms with Crippen molar-refractivity contribution in [3.05, 3.63) is 60.3 Å². The third kappa shape index (κ3) is 2.16. The van der Waals surface area contributed by atoms with Crippen LogP contribution in [0.5, 0.6) is 0 Å². The first kappa shape index (κ1) is 11.4. The van der Waals surface area contributed by atoms with E-state index in [1.165, 1.54) is 26.3 Å². The minimum atomic E-state index is 1.28.